The van der Waals surface area contributed by atoms with Crippen LogP contribution in [0.1, 0.15) is 79.4 Å². The smallest absolute Gasteiger partial charge is 0.272 e. The molecular formula is C20H30N6O. The van der Waals surface area contributed by atoms with Crippen LogP contribution in [-0.4, -0.2) is 39.2 Å². The molecule has 7 heteroatoms. The first-order valence-electron chi connectivity index (χ1n) is 10.0. The number of aromatic nitrogens is 4. The molecule has 0 unspecified atom stereocenters. The van der Waals surface area contributed by atoms with E-state index in [9.17, 15) is 4.79 Å². The Labute approximate surface area is 161 Å². The third-order valence-corrected chi connectivity index (χ3v) is 5.20. The van der Waals surface area contributed by atoms with Gasteiger partial charge in [0.2, 0.25) is 5.95 Å². The van der Waals surface area contributed by atoms with E-state index < -0.39 is 0 Å². The zero-order chi connectivity index (χ0) is 19.2. The molecule has 1 atom stereocenters. The summed E-state index contributed by atoms with van der Waals surface area (Å²) >= 11 is 0. The van der Waals surface area contributed by atoms with E-state index in [0.717, 1.165) is 42.4 Å². The third-order valence-electron chi connectivity index (χ3n) is 5.20. The predicted molar refractivity (Wildman–Crippen MR) is 106 cm³/mol. The van der Waals surface area contributed by atoms with Crippen LogP contribution in [0.25, 0.3) is 0 Å². The van der Waals surface area contributed by atoms with E-state index in [-0.39, 0.29) is 11.9 Å². The van der Waals surface area contributed by atoms with Crippen molar-refractivity contribution >= 4 is 11.9 Å². The number of carbonyl (C=O) groups excluding carboxylic acids is 1. The molecule has 0 saturated carbocycles. The molecule has 2 aromatic rings. The molecule has 7 nitrogen and oxygen atoms in total. The minimum atomic E-state index is -0.189. The van der Waals surface area contributed by atoms with Crippen molar-refractivity contribution in [2.24, 2.45) is 0 Å². The van der Waals surface area contributed by atoms with Gasteiger partial charge in [-0.25, -0.2) is 9.97 Å². The molecule has 1 saturated heterocycles. The lowest BCUT2D eigenvalue weighted by Gasteiger charge is -2.25. The highest BCUT2D eigenvalue weighted by Gasteiger charge is 2.18. The van der Waals surface area contributed by atoms with E-state index in [0.29, 0.717) is 5.69 Å². The van der Waals surface area contributed by atoms with Crippen LogP contribution in [0.5, 0.6) is 0 Å². The van der Waals surface area contributed by atoms with Crippen LogP contribution in [0.4, 0.5) is 5.95 Å². The normalized spacial score (nSPS) is 16.5. The highest BCUT2D eigenvalue weighted by atomic mass is 16.2. The van der Waals surface area contributed by atoms with Crippen LogP contribution in [0, 0.1) is 6.92 Å². The van der Waals surface area contributed by atoms with Gasteiger partial charge in [-0.2, -0.15) is 5.10 Å². The number of aromatic amines is 1. The number of nitrogens with one attached hydrogen (secondary N) is 2. The Morgan fingerprint density at radius 1 is 1.26 bits per heavy atom. The van der Waals surface area contributed by atoms with Crippen molar-refractivity contribution in [1.29, 1.82) is 0 Å². The van der Waals surface area contributed by atoms with E-state index in [1.165, 1.54) is 32.1 Å². The number of anilines is 1. The summed E-state index contributed by atoms with van der Waals surface area (Å²) in [5, 5.41) is 9.94. The van der Waals surface area contributed by atoms with Crippen molar-refractivity contribution < 1.29 is 4.79 Å². The molecule has 0 spiro atoms. The van der Waals surface area contributed by atoms with Crippen LogP contribution in [0.3, 0.4) is 0 Å². The average molecular weight is 371 g/mol. The molecule has 1 amide bonds. The highest BCUT2D eigenvalue weighted by Crippen LogP contribution is 2.20. The third kappa shape index (κ3) is 4.84. The van der Waals surface area contributed by atoms with E-state index >= 15 is 0 Å². The highest BCUT2D eigenvalue weighted by molar-refractivity contribution is 5.92. The standard InChI is InChI=1S/C20H30N6O/c1-4-16-12-18(25-24-16)19(27)22-14(2)17-13-21-20(23-15(17)3)26-10-8-6-5-7-9-11-26/h12-14H,4-11H2,1-3H3,(H,22,27)(H,24,25)/t14-/m1/s1. The Morgan fingerprint density at radius 3 is 2.59 bits per heavy atom. The SMILES string of the molecule is CCc1cc(C(=O)N[C@H](C)c2cnc(N3CCCCCCC3)nc2C)n[nH]1. The summed E-state index contributed by atoms with van der Waals surface area (Å²) in [6.07, 6.45) is 8.96. The lowest BCUT2D eigenvalue weighted by atomic mass is 10.1. The number of carbonyl (C=O) groups is 1. The summed E-state index contributed by atoms with van der Waals surface area (Å²) in [6, 6.07) is 1.61. The van der Waals surface area contributed by atoms with Crippen LogP contribution < -0.4 is 10.2 Å². The lowest BCUT2D eigenvalue weighted by Crippen LogP contribution is -2.30. The quantitative estimate of drug-likeness (QED) is 0.843. The molecule has 146 valence electrons. The van der Waals surface area contributed by atoms with Gasteiger partial charge in [-0.1, -0.05) is 26.2 Å². The maximum atomic E-state index is 12.4. The van der Waals surface area contributed by atoms with E-state index in [1.807, 2.05) is 27.0 Å². The fourth-order valence-corrected chi connectivity index (χ4v) is 3.50. The fraction of sp³-hybridized carbons (Fsp3) is 0.600. The number of rotatable bonds is 5. The van der Waals surface area contributed by atoms with Gasteiger partial charge in [0, 0.05) is 36.2 Å². The molecule has 3 rings (SSSR count). The second-order valence-corrected chi connectivity index (χ2v) is 7.29. The second kappa shape index (κ2) is 8.97. The summed E-state index contributed by atoms with van der Waals surface area (Å²) in [5.74, 6) is 0.613. The molecule has 27 heavy (non-hydrogen) atoms. The van der Waals surface area contributed by atoms with Gasteiger partial charge in [-0.05, 0) is 39.2 Å². The van der Waals surface area contributed by atoms with Crippen LogP contribution >= 0.6 is 0 Å². The summed E-state index contributed by atoms with van der Waals surface area (Å²) < 4.78 is 0. The minimum Gasteiger partial charge on any atom is -0.344 e. The molecule has 0 aromatic carbocycles. The first-order chi connectivity index (χ1) is 13.1. The van der Waals surface area contributed by atoms with Crippen LogP contribution in [0.2, 0.25) is 0 Å². The van der Waals surface area contributed by atoms with Crippen molar-refractivity contribution in [2.75, 3.05) is 18.0 Å². The van der Waals surface area contributed by atoms with E-state index in [1.54, 1.807) is 6.07 Å². The summed E-state index contributed by atoms with van der Waals surface area (Å²) in [4.78, 5) is 24.0. The first kappa shape index (κ1) is 19.3. The van der Waals surface area contributed by atoms with Crippen molar-refractivity contribution in [1.82, 2.24) is 25.5 Å². The Morgan fingerprint density at radius 2 is 1.96 bits per heavy atom. The summed E-state index contributed by atoms with van der Waals surface area (Å²) in [5.41, 5.74) is 3.20. The van der Waals surface area contributed by atoms with Gasteiger partial charge in [0.05, 0.1) is 6.04 Å². The second-order valence-electron chi connectivity index (χ2n) is 7.29. The zero-order valence-corrected chi connectivity index (χ0v) is 16.6. The van der Waals surface area contributed by atoms with Crippen molar-refractivity contribution in [3.8, 4) is 0 Å². The maximum Gasteiger partial charge on any atom is 0.272 e. The molecule has 1 fully saturated rings. The molecule has 3 heterocycles. The maximum absolute atomic E-state index is 12.4. The fourth-order valence-electron chi connectivity index (χ4n) is 3.50. The van der Waals surface area contributed by atoms with Gasteiger partial charge in [0.1, 0.15) is 5.69 Å². The topological polar surface area (TPSA) is 86.8 Å². The largest absolute Gasteiger partial charge is 0.344 e. The van der Waals surface area contributed by atoms with Crippen molar-refractivity contribution in [3.05, 3.63) is 34.9 Å². The summed E-state index contributed by atoms with van der Waals surface area (Å²) in [6.45, 7) is 7.99. The molecule has 2 N–H and O–H groups in total. The van der Waals surface area contributed by atoms with Gasteiger partial charge < -0.3 is 10.2 Å². The number of hydrogen-bond donors (Lipinski definition) is 2. The van der Waals surface area contributed by atoms with Crippen LogP contribution in [0.15, 0.2) is 12.3 Å². The van der Waals surface area contributed by atoms with Gasteiger partial charge in [-0.15, -0.1) is 0 Å². The number of hydrogen-bond acceptors (Lipinski definition) is 5. The van der Waals surface area contributed by atoms with Gasteiger partial charge in [0.15, 0.2) is 0 Å². The molecule has 0 radical (unpaired) electrons. The van der Waals surface area contributed by atoms with Crippen molar-refractivity contribution in [2.45, 2.75) is 65.3 Å². The Kier molecular flexibility index (Phi) is 6.42. The molecule has 1 aliphatic rings. The van der Waals surface area contributed by atoms with Crippen LogP contribution in [-0.2, 0) is 6.42 Å². The van der Waals surface area contributed by atoms with E-state index in [2.05, 4.69) is 25.4 Å². The Bertz CT molecular complexity index is 764. The Hall–Kier alpha value is -2.44. The molecule has 0 aliphatic carbocycles. The number of H-pyrrole nitrogens is 1. The molecular weight excluding hydrogens is 340 g/mol. The van der Waals surface area contributed by atoms with Crippen molar-refractivity contribution in [3.63, 3.8) is 0 Å². The Balaban J connectivity index is 1.67. The minimum absolute atomic E-state index is 0.180. The number of amides is 1. The monoisotopic (exact) mass is 370 g/mol. The summed E-state index contributed by atoms with van der Waals surface area (Å²) in [7, 11) is 0. The molecule has 0 bridgehead atoms. The molecule has 2 aromatic heterocycles. The van der Waals surface area contributed by atoms with Gasteiger partial charge in [-0.3, -0.25) is 9.89 Å². The lowest BCUT2D eigenvalue weighted by molar-refractivity contribution is 0.0934. The van der Waals surface area contributed by atoms with E-state index in [4.69, 9.17) is 4.98 Å². The molecule has 1 aliphatic heterocycles. The number of aryl methyl sites for hydroxylation is 2. The first-order valence-corrected chi connectivity index (χ1v) is 10.0. The van der Waals surface area contributed by atoms with Gasteiger partial charge >= 0.3 is 0 Å². The predicted octanol–water partition coefficient (Wildman–Crippen LogP) is 3.33. The number of nitrogens with zero attached hydrogens (tertiary/aromatic N) is 4. The average Bonchev–Trinajstić information content (AvgIpc) is 3.10. The van der Waals surface area contributed by atoms with Gasteiger partial charge in [0.25, 0.3) is 5.91 Å². The zero-order valence-electron chi connectivity index (χ0n) is 16.6.